The van der Waals surface area contributed by atoms with Crippen molar-refractivity contribution in [1.29, 1.82) is 0 Å². The number of hydrogen-bond acceptors (Lipinski definition) is 3. The Labute approximate surface area is 174 Å². The molecule has 0 atom stereocenters. The van der Waals surface area contributed by atoms with Crippen LogP contribution in [0.1, 0.15) is 18.1 Å². The predicted molar refractivity (Wildman–Crippen MR) is 122 cm³/mol. The first kappa shape index (κ1) is 19.7. The van der Waals surface area contributed by atoms with Gasteiger partial charge in [0.1, 0.15) is 5.75 Å². The van der Waals surface area contributed by atoms with Crippen LogP contribution in [0.2, 0.25) is 0 Å². The fourth-order valence-corrected chi connectivity index (χ4v) is 4.23. The number of rotatable bonds is 6. The summed E-state index contributed by atoms with van der Waals surface area (Å²) in [4.78, 5) is 5.14. The van der Waals surface area contributed by atoms with Crippen molar-refractivity contribution in [2.75, 3.05) is 39.8 Å². The van der Waals surface area contributed by atoms with E-state index in [1.54, 1.807) is 7.11 Å². The van der Waals surface area contributed by atoms with Crippen molar-refractivity contribution in [3.63, 3.8) is 0 Å². The molecule has 3 nitrogen and oxygen atoms in total. The van der Waals surface area contributed by atoms with Gasteiger partial charge in [0.05, 0.1) is 7.11 Å². The molecule has 1 fully saturated rings. The maximum absolute atomic E-state index is 5.54. The molecular formula is C26H30N2O. The Morgan fingerprint density at radius 1 is 0.828 bits per heavy atom. The number of benzene rings is 3. The Morgan fingerprint density at radius 2 is 1.48 bits per heavy atom. The fourth-order valence-electron chi connectivity index (χ4n) is 4.23. The lowest BCUT2D eigenvalue weighted by atomic mass is 10.0. The van der Waals surface area contributed by atoms with Crippen LogP contribution in [0.25, 0.3) is 16.8 Å². The van der Waals surface area contributed by atoms with E-state index in [-0.39, 0.29) is 0 Å². The summed E-state index contributed by atoms with van der Waals surface area (Å²) in [7, 11) is 1.74. The van der Waals surface area contributed by atoms with Gasteiger partial charge >= 0.3 is 0 Å². The molecule has 0 N–H and O–H groups in total. The van der Waals surface area contributed by atoms with E-state index < -0.39 is 0 Å². The Morgan fingerprint density at radius 3 is 2.21 bits per heavy atom. The summed E-state index contributed by atoms with van der Waals surface area (Å²) in [5.74, 6) is 0.954. The van der Waals surface area contributed by atoms with E-state index in [1.807, 2.05) is 0 Å². The number of nitrogens with zero attached hydrogens (tertiary/aromatic N) is 2. The molecule has 1 heterocycles. The molecule has 29 heavy (non-hydrogen) atoms. The zero-order valence-electron chi connectivity index (χ0n) is 17.5. The maximum Gasteiger partial charge on any atom is 0.126 e. The molecule has 0 spiro atoms. The second kappa shape index (κ2) is 9.25. The standard InChI is InChI=1S/C26H30N2O/c1-21(18-22-8-4-3-5-9-22)19-27-14-16-28(17-15-27)20-23-12-13-26(29-2)25-11-7-6-10-24(23)25/h3-13,18H,14-17,19-20H2,1-2H3. The van der Waals surface area contributed by atoms with Crippen LogP contribution in [0.15, 0.2) is 72.3 Å². The highest BCUT2D eigenvalue weighted by molar-refractivity contribution is 5.91. The number of ether oxygens (including phenoxy) is 1. The van der Waals surface area contributed by atoms with Gasteiger partial charge in [-0.1, -0.05) is 72.3 Å². The molecule has 1 aliphatic rings. The minimum atomic E-state index is 0.954. The first-order valence-electron chi connectivity index (χ1n) is 10.4. The van der Waals surface area contributed by atoms with Gasteiger partial charge in [-0.3, -0.25) is 9.80 Å². The lowest BCUT2D eigenvalue weighted by Crippen LogP contribution is -2.46. The molecule has 3 heteroatoms. The van der Waals surface area contributed by atoms with Crippen molar-refractivity contribution in [3.8, 4) is 5.75 Å². The summed E-state index contributed by atoms with van der Waals surface area (Å²) in [6.07, 6.45) is 2.30. The third-order valence-electron chi connectivity index (χ3n) is 5.74. The van der Waals surface area contributed by atoms with Crippen LogP contribution < -0.4 is 4.74 Å². The van der Waals surface area contributed by atoms with Gasteiger partial charge in [0.25, 0.3) is 0 Å². The molecule has 0 amide bonds. The first-order valence-corrected chi connectivity index (χ1v) is 10.4. The molecule has 0 unspecified atom stereocenters. The van der Waals surface area contributed by atoms with Crippen molar-refractivity contribution in [2.24, 2.45) is 0 Å². The molecule has 0 aromatic heterocycles. The van der Waals surface area contributed by atoms with Crippen molar-refractivity contribution >= 4 is 16.8 Å². The highest BCUT2D eigenvalue weighted by Crippen LogP contribution is 2.29. The number of fused-ring (bicyclic) bond motifs is 1. The van der Waals surface area contributed by atoms with E-state index in [4.69, 9.17) is 4.74 Å². The Kier molecular flexibility index (Phi) is 6.28. The Balaban J connectivity index is 1.36. The summed E-state index contributed by atoms with van der Waals surface area (Å²) >= 11 is 0. The van der Waals surface area contributed by atoms with Gasteiger partial charge in [0.15, 0.2) is 0 Å². The largest absolute Gasteiger partial charge is 0.496 e. The third-order valence-corrected chi connectivity index (χ3v) is 5.74. The molecule has 1 saturated heterocycles. The van der Waals surface area contributed by atoms with Crippen LogP contribution in [-0.4, -0.2) is 49.6 Å². The highest BCUT2D eigenvalue weighted by atomic mass is 16.5. The molecule has 4 rings (SSSR count). The Bertz CT molecular complexity index is 972. The number of methoxy groups -OCH3 is 1. The normalized spacial score (nSPS) is 16.3. The maximum atomic E-state index is 5.54. The van der Waals surface area contributed by atoms with Gasteiger partial charge in [0, 0.05) is 44.7 Å². The molecule has 0 radical (unpaired) electrons. The quantitative estimate of drug-likeness (QED) is 0.588. The molecule has 3 aromatic carbocycles. The Hall–Kier alpha value is -2.62. The second-order valence-corrected chi connectivity index (χ2v) is 7.93. The summed E-state index contributed by atoms with van der Waals surface area (Å²) in [6.45, 7) is 8.74. The van der Waals surface area contributed by atoms with Crippen LogP contribution in [-0.2, 0) is 6.54 Å². The van der Waals surface area contributed by atoms with Crippen molar-refractivity contribution < 1.29 is 4.74 Å². The van der Waals surface area contributed by atoms with Gasteiger partial charge in [0.2, 0.25) is 0 Å². The van der Waals surface area contributed by atoms with E-state index in [0.717, 1.165) is 45.0 Å². The highest BCUT2D eigenvalue weighted by Gasteiger charge is 2.18. The summed E-state index contributed by atoms with van der Waals surface area (Å²) in [5.41, 5.74) is 4.09. The second-order valence-electron chi connectivity index (χ2n) is 7.93. The van der Waals surface area contributed by atoms with E-state index in [9.17, 15) is 0 Å². The summed E-state index contributed by atoms with van der Waals surface area (Å²) in [6, 6.07) is 23.5. The topological polar surface area (TPSA) is 15.7 Å². The lowest BCUT2D eigenvalue weighted by Gasteiger charge is -2.35. The van der Waals surface area contributed by atoms with Crippen molar-refractivity contribution in [2.45, 2.75) is 13.5 Å². The zero-order valence-corrected chi connectivity index (χ0v) is 17.5. The predicted octanol–water partition coefficient (Wildman–Crippen LogP) is 5.07. The van der Waals surface area contributed by atoms with E-state index >= 15 is 0 Å². The van der Waals surface area contributed by atoms with Gasteiger partial charge in [-0.05, 0) is 29.5 Å². The fraction of sp³-hybridized carbons (Fsp3) is 0.308. The third kappa shape index (κ3) is 4.87. The van der Waals surface area contributed by atoms with Crippen LogP contribution in [0.4, 0.5) is 0 Å². The molecule has 0 saturated carbocycles. The van der Waals surface area contributed by atoms with Crippen LogP contribution in [0, 0.1) is 0 Å². The molecular weight excluding hydrogens is 356 g/mol. The van der Waals surface area contributed by atoms with Crippen LogP contribution >= 0.6 is 0 Å². The number of piperazine rings is 1. The molecule has 1 aliphatic heterocycles. The molecule has 150 valence electrons. The monoisotopic (exact) mass is 386 g/mol. The van der Waals surface area contributed by atoms with Gasteiger partial charge in [-0.15, -0.1) is 0 Å². The summed E-state index contributed by atoms with van der Waals surface area (Å²) in [5, 5.41) is 2.50. The molecule has 0 bridgehead atoms. The van der Waals surface area contributed by atoms with Crippen LogP contribution in [0.5, 0.6) is 5.75 Å². The van der Waals surface area contributed by atoms with Gasteiger partial charge in [-0.25, -0.2) is 0 Å². The summed E-state index contributed by atoms with van der Waals surface area (Å²) < 4.78 is 5.54. The average Bonchev–Trinajstić information content (AvgIpc) is 2.76. The first-order chi connectivity index (χ1) is 14.2. The zero-order chi connectivity index (χ0) is 20.1. The minimum absolute atomic E-state index is 0.954. The van der Waals surface area contributed by atoms with Crippen molar-refractivity contribution in [1.82, 2.24) is 9.80 Å². The van der Waals surface area contributed by atoms with E-state index in [2.05, 4.69) is 89.5 Å². The van der Waals surface area contributed by atoms with E-state index in [0.29, 0.717) is 0 Å². The van der Waals surface area contributed by atoms with Crippen LogP contribution in [0.3, 0.4) is 0 Å². The smallest absolute Gasteiger partial charge is 0.126 e. The molecule has 3 aromatic rings. The van der Waals surface area contributed by atoms with Crippen molar-refractivity contribution in [3.05, 3.63) is 83.4 Å². The SMILES string of the molecule is COc1ccc(CN2CCN(CC(C)=Cc3ccccc3)CC2)c2ccccc12. The number of hydrogen-bond donors (Lipinski definition) is 0. The van der Waals surface area contributed by atoms with Gasteiger partial charge < -0.3 is 4.74 Å². The average molecular weight is 387 g/mol. The molecule has 0 aliphatic carbocycles. The van der Waals surface area contributed by atoms with E-state index in [1.165, 1.54) is 27.5 Å². The lowest BCUT2D eigenvalue weighted by molar-refractivity contribution is 0.135. The minimum Gasteiger partial charge on any atom is -0.496 e. The van der Waals surface area contributed by atoms with Gasteiger partial charge in [-0.2, -0.15) is 0 Å².